The first-order valence-electron chi connectivity index (χ1n) is 9.47. The Labute approximate surface area is 145 Å². The van der Waals surface area contributed by atoms with Gasteiger partial charge >= 0.3 is 0 Å². The van der Waals surface area contributed by atoms with Crippen molar-refractivity contribution >= 4 is 0 Å². The van der Waals surface area contributed by atoms with Crippen molar-refractivity contribution in [3.8, 4) is 11.5 Å². The fourth-order valence-electron chi connectivity index (χ4n) is 3.71. The van der Waals surface area contributed by atoms with Crippen molar-refractivity contribution in [2.24, 2.45) is 5.92 Å². The van der Waals surface area contributed by atoms with Crippen LogP contribution in [0.3, 0.4) is 0 Å². The van der Waals surface area contributed by atoms with Gasteiger partial charge in [0.2, 0.25) is 0 Å². The molecule has 24 heavy (non-hydrogen) atoms. The van der Waals surface area contributed by atoms with Gasteiger partial charge in [-0.2, -0.15) is 0 Å². The summed E-state index contributed by atoms with van der Waals surface area (Å²) in [5.41, 5.74) is 1.24. The number of methoxy groups -OCH3 is 1. The summed E-state index contributed by atoms with van der Waals surface area (Å²) in [6, 6.07) is 6.23. The lowest BCUT2D eigenvalue weighted by Gasteiger charge is -2.22. The van der Waals surface area contributed by atoms with Crippen LogP contribution in [0.15, 0.2) is 18.2 Å². The van der Waals surface area contributed by atoms with Gasteiger partial charge in [-0.15, -0.1) is 0 Å². The Balaban J connectivity index is 1.47. The molecule has 1 saturated heterocycles. The number of benzene rings is 1. The largest absolute Gasteiger partial charge is 0.493 e. The van der Waals surface area contributed by atoms with Gasteiger partial charge in [-0.25, -0.2) is 0 Å². The van der Waals surface area contributed by atoms with Gasteiger partial charge in [-0.05, 0) is 55.8 Å². The summed E-state index contributed by atoms with van der Waals surface area (Å²) >= 11 is 0. The molecule has 1 saturated carbocycles. The Morgan fingerprint density at radius 3 is 2.71 bits per heavy atom. The molecule has 1 aromatic rings. The lowest BCUT2D eigenvalue weighted by atomic mass is 9.89. The Morgan fingerprint density at radius 1 is 1.08 bits per heavy atom. The van der Waals surface area contributed by atoms with Crippen molar-refractivity contribution in [2.75, 3.05) is 26.9 Å². The molecule has 1 unspecified atom stereocenters. The highest BCUT2D eigenvalue weighted by atomic mass is 16.5. The molecule has 3 rings (SSSR count). The monoisotopic (exact) mass is 333 g/mol. The van der Waals surface area contributed by atoms with E-state index >= 15 is 0 Å². The highest BCUT2D eigenvalue weighted by Crippen LogP contribution is 2.29. The van der Waals surface area contributed by atoms with Crippen LogP contribution in [0.2, 0.25) is 0 Å². The lowest BCUT2D eigenvalue weighted by molar-refractivity contribution is 0.0669. The zero-order valence-electron chi connectivity index (χ0n) is 14.9. The van der Waals surface area contributed by atoms with E-state index in [1.54, 1.807) is 7.11 Å². The van der Waals surface area contributed by atoms with E-state index in [-0.39, 0.29) is 6.10 Å². The van der Waals surface area contributed by atoms with E-state index in [1.807, 2.05) is 6.07 Å². The van der Waals surface area contributed by atoms with Crippen LogP contribution in [0.5, 0.6) is 11.5 Å². The van der Waals surface area contributed by atoms with Gasteiger partial charge in [0.25, 0.3) is 0 Å². The first-order chi connectivity index (χ1) is 11.8. The maximum Gasteiger partial charge on any atom is 0.161 e. The van der Waals surface area contributed by atoms with E-state index < -0.39 is 0 Å². The van der Waals surface area contributed by atoms with Crippen LogP contribution in [0, 0.1) is 5.92 Å². The number of ether oxygens (including phenoxy) is 3. The first-order valence-corrected chi connectivity index (χ1v) is 9.47. The predicted octanol–water partition coefficient (Wildman–Crippen LogP) is 3.92. The lowest BCUT2D eigenvalue weighted by Crippen LogP contribution is -2.24. The molecular formula is C20H31NO3. The highest BCUT2D eigenvalue weighted by Gasteiger charge is 2.17. The average Bonchev–Trinajstić information content (AvgIpc) is 3.15. The SMILES string of the molecule is COc1cc(CNCC2CCCCC2)ccc1OCC1CCCO1. The predicted molar refractivity (Wildman–Crippen MR) is 95.7 cm³/mol. The summed E-state index contributed by atoms with van der Waals surface area (Å²) in [5.74, 6) is 2.48. The standard InChI is InChI=1S/C20H31NO3/c1-22-20-12-17(14-21-13-16-6-3-2-4-7-16)9-10-19(20)24-15-18-8-5-11-23-18/h9-10,12,16,18,21H,2-8,11,13-15H2,1H3. The Kier molecular flexibility index (Phi) is 6.79. The molecule has 134 valence electrons. The van der Waals surface area contributed by atoms with E-state index in [4.69, 9.17) is 14.2 Å². The minimum absolute atomic E-state index is 0.228. The Hall–Kier alpha value is -1.26. The number of rotatable bonds is 8. The van der Waals surface area contributed by atoms with Crippen molar-refractivity contribution in [1.29, 1.82) is 0 Å². The molecule has 0 spiro atoms. The quantitative estimate of drug-likeness (QED) is 0.782. The van der Waals surface area contributed by atoms with Gasteiger partial charge in [0.05, 0.1) is 13.2 Å². The molecule has 1 heterocycles. The Morgan fingerprint density at radius 2 is 1.96 bits per heavy atom. The van der Waals surface area contributed by atoms with Crippen LogP contribution in [-0.2, 0) is 11.3 Å². The molecule has 1 aliphatic carbocycles. The second-order valence-electron chi connectivity index (χ2n) is 7.07. The van der Waals surface area contributed by atoms with E-state index in [9.17, 15) is 0 Å². The molecule has 2 aliphatic rings. The highest BCUT2D eigenvalue weighted by molar-refractivity contribution is 5.43. The van der Waals surface area contributed by atoms with E-state index in [0.29, 0.717) is 6.61 Å². The molecule has 1 N–H and O–H groups in total. The summed E-state index contributed by atoms with van der Waals surface area (Å²) in [6.07, 6.45) is 9.43. The van der Waals surface area contributed by atoms with Gasteiger partial charge in [0.1, 0.15) is 6.61 Å². The fraction of sp³-hybridized carbons (Fsp3) is 0.700. The van der Waals surface area contributed by atoms with Crippen molar-refractivity contribution < 1.29 is 14.2 Å². The first kappa shape index (κ1) is 17.6. The zero-order valence-corrected chi connectivity index (χ0v) is 14.9. The molecule has 0 amide bonds. The maximum atomic E-state index is 5.90. The van der Waals surface area contributed by atoms with Crippen molar-refractivity contribution in [3.05, 3.63) is 23.8 Å². The maximum absolute atomic E-state index is 5.90. The fourth-order valence-corrected chi connectivity index (χ4v) is 3.71. The van der Waals surface area contributed by atoms with Crippen LogP contribution in [0.25, 0.3) is 0 Å². The van der Waals surface area contributed by atoms with Crippen molar-refractivity contribution in [2.45, 2.75) is 57.6 Å². The van der Waals surface area contributed by atoms with E-state index in [2.05, 4.69) is 17.4 Å². The molecule has 1 aromatic carbocycles. The van der Waals surface area contributed by atoms with Gasteiger partial charge < -0.3 is 19.5 Å². The van der Waals surface area contributed by atoms with Gasteiger partial charge in [0, 0.05) is 13.2 Å². The third-order valence-corrected chi connectivity index (χ3v) is 5.16. The topological polar surface area (TPSA) is 39.7 Å². The third-order valence-electron chi connectivity index (χ3n) is 5.16. The van der Waals surface area contributed by atoms with Gasteiger partial charge in [-0.3, -0.25) is 0 Å². The van der Waals surface area contributed by atoms with Crippen LogP contribution in [0.4, 0.5) is 0 Å². The van der Waals surface area contributed by atoms with E-state index in [1.165, 1.54) is 37.7 Å². The smallest absolute Gasteiger partial charge is 0.161 e. The van der Waals surface area contributed by atoms with Crippen molar-refractivity contribution in [1.82, 2.24) is 5.32 Å². The summed E-state index contributed by atoms with van der Waals surface area (Å²) in [6.45, 7) is 3.48. The number of hydrogen-bond acceptors (Lipinski definition) is 4. The Bertz CT molecular complexity index is 494. The molecule has 4 nitrogen and oxygen atoms in total. The average molecular weight is 333 g/mol. The minimum atomic E-state index is 0.228. The van der Waals surface area contributed by atoms with Crippen LogP contribution >= 0.6 is 0 Å². The molecular weight excluding hydrogens is 302 g/mol. The zero-order chi connectivity index (χ0) is 16.6. The summed E-state index contributed by atoms with van der Waals surface area (Å²) in [5, 5.41) is 3.60. The molecule has 4 heteroatoms. The molecule has 0 radical (unpaired) electrons. The summed E-state index contributed by atoms with van der Waals surface area (Å²) in [7, 11) is 1.70. The van der Waals surface area contributed by atoms with Crippen LogP contribution in [-0.4, -0.2) is 33.0 Å². The number of hydrogen-bond donors (Lipinski definition) is 1. The van der Waals surface area contributed by atoms with Gasteiger partial charge in [-0.1, -0.05) is 25.3 Å². The van der Waals surface area contributed by atoms with Crippen LogP contribution in [0.1, 0.15) is 50.5 Å². The second-order valence-corrected chi connectivity index (χ2v) is 7.07. The van der Waals surface area contributed by atoms with Gasteiger partial charge in [0.15, 0.2) is 11.5 Å². The normalized spacial score (nSPS) is 21.8. The third kappa shape index (κ3) is 5.12. The van der Waals surface area contributed by atoms with Crippen molar-refractivity contribution in [3.63, 3.8) is 0 Å². The molecule has 0 bridgehead atoms. The molecule has 1 aliphatic heterocycles. The van der Waals surface area contributed by atoms with E-state index in [0.717, 1.165) is 50.0 Å². The molecule has 2 fully saturated rings. The van der Waals surface area contributed by atoms with Crippen LogP contribution < -0.4 is 14.8 Å². The summed E-state index contributed by atoms with van der Waals surface area (Å²) in [4.78, 5) is 0. The summed E-state index contributed by atoms with van der Waals surface area (Å²) < 4.78 is 17.0. The molecule has 1 atom stereocenters. The number of nitrogens with one attached hydrogen (secondary N) is 1. The second kappa shape index (κ2) is 9.28. The molecule has 0 aromatic heterocycles. The minimum Gasteiger partial charge on any atom is -0.493 e.